The molecule has 180 valence electrons. The molecule has 2 aliphatic rings. The highest BCUT2D eigenvalue weighted by Gasteiger charge is 2.22. The highest BCUT2D eigenvalue weighted by molar-refractivity contribution is 5.79. The third kappa shape index (κ3) is 11.0. The van der Waals surface area contributed by atoms with E-state index in [1.165, 1.54) is 64.2 Å². The summed E-state index contributed by atoms with van der Waals surface area (Å²) in [4.78, 5) is 22.5. The van der Waals surface area contributed by atoms with Gasteiger partial charge >= 0.3 is 12.1 Å². The molecule has 2 fully saturated rings. The Morgan fingerprint density at radius 1 is 0.938 bits per heavy atom. The summed E-state index contributed by atoms with van der Waals surface area (Å²) in [7, 11) is 0. The number of hydrogen-bond acceptors (Lipinski definition) is 4. The first-order valence-corrected chi connectivity index (χ1v) is 12.4. The van der Waals surface area contributed by atoms with Crippen LogP contribution in [0.5, 0.6) is 0 Å². The molecule has 6 heteroatoms. The molecule has 1 atom stereocenters. The predicted octanol–water partition coefficient (Wildman–Crippen LogP) is 5.65. The molecule has 3 rings (SSSR count). The van der Waals surface area contributed by atoms with Gasteiger partial charge in [0.15, 0.2) is 0 Å². The summed E-state index contributed by atoms with van der Waals surface area (Å²) in [6, 6.07) is 10.0. The van der Waals surface area contributed by atoms with Crippen LogP contribution >= 0.6 is 0 Å². The number of benzene rings is 1. The van der Waals surface area contributed by atoms with Crippen LogP contribution < -0.4 is 10.6 Å². The van der Waals surface area contributed by atoms with E-state index in [0.717, 1.165) is 17.6 Å². The molecule has 0 aliphatic heterocycles. The zero-order valence-electron chi connectivity index (χ0n) is 19.9. The number of carbonyl (C=O) groups is 2. The first-order valence-electron chi connectivity index (χ1n) is 12.4. The second-order valence-corrected chi connectivity index (χ2v) is 9.56. The molecule has 2 saturated carbocycles. The molecule has 1 aromatic carbocycles. The SMILES string of the molecule is C1CCC(NC2CCCCC2)CC1.CC(C)C[C@H](NC(=O)OCc1ccccc1)C(=O)O. The Hall–Kier alpha value is -2.08. The molecule has 0 heterocycles. The van der Waals surface area contributed by atoms with Crippen molar-refractivity contribution >= 4 is 12.1 Å². The fourth-order valence-corrected chi connectivity index (χ4v) is 4.47. The van der Waals surface area contributed by atoms with Gasteiger partial charge in [-0.1, -0.05) is 82.7 Å². The van der Waals surface area contributed by atoms with Gasteiger partial charge in [-0.2, -0.15) is 0 Å². The van der Waals surface area contributed by atoms with E-state index in [2.05, 4.69) is 10.6 Å². The zero-order valence-corrected chi connectivity index (χ0v) is 19.9. The molecule has 3 N–H and O–H groups in total. The molecule has 1 aromatic rings. The van der Waals surface area contributed by atoms with Gasteiger partial charge in [-0.05, 0) is 43.6 Å². The van der Waals surface area contributed by atoms with Crippen molar-refractivity contribution in [2.75, 3.05) is 0 Å². The summed E-state index contributed by atoms with van der Waals surface area (Å²) < 4.78 is 4.98. The average Bonchev–Trinajstić information content (AvgIpc) is 2.79. The standard InChI is InChI=1S/C14H19NO4.C12H23N/c1-10(2)8-12(13(16)17)15-14(18)19-9-11-6-4-3-5-7-11;1-3-7-11(8-4-1)13-12-9-5-2-6-10-12/h3-7,10,12H,8-9H2,1-2H3,(H,15,18)(H,16,17);11-13H,1-10H2/t12-;/m0./s1. The van der Waals surface area contributed by atoms with Crippen molar-refractivity contribution in [3.05, 3.63) is 35.9 Å². The van der Waals surface area contributed by atoms with Crippen molar-refractivity contribution in [1.29, 1.82) is 0 Å². The molecular formula is C26H42N2O4. The van der Waals surface area contributed by atoms with Gasteiger partial charge < -0.3 is 20.5 Å². The number of amides is 1. The number of carbonyl (C=O) groups excluding carboxylic acids is 1. The monoisotopic (exact) mass is 446 g/mol. The topological polar surface area (TPSA) is 87.7 Å². The summed E-state index contributed by atoms with van der Waals surface area (Å²) in [5.74, 6) is -0.874. The van der Waals surface area contributed by atoms with Gasteiger partial charge in [-0.25, -0.2) is 9.59 Å². The maximum atomic E-state index is 11.5. The predicted molar refractivity (Wildman–Crippen MR) is 128 cm³/mol. The lowest BCUT2D eigenvalue weighted by Crippen LogP contribution is -2.41. The third-order valence-corrected chi connectivity index (χ3v) is 6.19. The molecule has 0 bridgehead atoms. The van der Waals surface area contributed by atoms with Crippen molar-refractivity contribution in [2.24, 2.45) is 5.92 Å². The van der Waals surface area contributed by atoms with Crippen LogP contribution in [-0.2, 0) is 16.1 Å². The van der Waals surface area contributed by atoms with E-state index < -0.39 is 18.1 Å². The third-order valence-electron chi connectivity index (χ3n) is 6.19. The highest BCUT2D eigenvalue weighted by atomic mass is 16.5. The molecule has 0 unspecified atom stereocenters. The van der Waals surface area contributed by atoms with Crippen LogP contribution in [-0.4, -0.2) is 35.3 Å². The lowest BCUT2D eigenvalue weighted by Gasteiger charge is -2.30. The molecule has 0 aromatic heterocycles. The molecule has 0 saturated heterocycles. The number of ether oxygens (including phenoxy) is 1. The van der Waals surface area contributed by atoms with Crippen LogP contribution in [0, 0.1) is 5.92 Å². The van der Waals surface area contributed by atoms with Crippen molar-refractivity contribution in [2.45, 2.75) is 109 Å². The van der Waals surface area contributed by atoms with Gasteiger partial charge in [0.05, 0.1) is 0 Å². The lowest BCUT2D eigenvalue weighted by molar-refractivity contribution is -0.139. The van der Waals surface area contributed by atoms with E-state index in [0.29, 0.717) is 6.42 Å². The fourth-order valence-electron chi connectivity index (χ4n) is 4.47. The van der Waals surface area contributed by atoms with Crippen molar-refractivity contribution in [1.82, 2.24) is 10.6 Å². The van der Waals surface area contributed by atoms with Gasteiger partial charge in [0.1, 0.15) is 12.6 Å². The summed E-state index contributed by atoms with van der Waals surface area (Å²) >= 11 is 0. The number of nitrogens with one attached hydrogen (secondary N) is 2. The minimum atomic E-state index is -1.05. The van der Waals surface area contributed by atoms with Crippen molar-refractivity contribution < 1.29 is 19.4 Å². The number of aliphatic carboxylic acids is 1. The fraction of sp³-hybridized carbons (Fsp3) is 0.692. The largest absolute Gasteiger partial charge is 0.480 e. The van der Waals surface area contributed by atoms with E-state index in [-0.39, 0.29) is 12.5 Å². The minimum Gasteiger partial charge on any atom is -0.480 e. The van der Waals surface area contributed by atoms with Crippen LogP contribution in [0.15, 0.2) is 30.3 Å². The molecule has 2 aliphatic carbocycles. The minimum absolute atomic E-state index is 0.126. The van der Waals surface area contributed by atoms with Gasteiger partial charge in [-0.15, -0.1) is 0 Å². The molecule has 1 amide bonds. The Morgan fingerprint density at radius 3 is 1.94 bits per heavy atom. The van der Waals surface area contributed by atoms with Crippen molar-refractivity contribution in [3.8, 4) is 0 Å². The van der Waals surface area contributed by atoms with Crippen LogP contribution in [0.4, 0.5) is 4.79 Å². The van der Waals surface area contributed by atoms with Crippen LogP contribution in [0.3, 0.4) is 0 Å². The van der Waals surface area contributed by atoms with E-state index >= 15 is 0 Å². The van der Waals surface area contributed by atoms with Crippen molar-refractivity contribution in [3.63, 3.8) is 0 Å². The van der Waals surface area contributed by atoms with E-state index in [1.807, 2.05) is 44.2 Å². The molecule has 6 nitrogen and oxygen atoms in total. The Labute approximate surface area is 193 Å². The van der Waals surface area contributed by atoms with E-state index in [4.69, 9.17) is 9.84 Å². The quantitative estimate of drug-likeness (QED) is 0.480. The second-order valence-electron chi connectivity index (χ2n) is 9.56. The summed E-state index contributed by atoms with van der Waals surface area (Å²) in [5.41, 5.74) is 0.855. The number of hydrogen-bond donors (Lipinski definition) is 3. The highest BCUT2D eigenvalue weighted by Crippen LogP contribution is 2.22. The van der Waals surface area contributed by atoms with Crippen LogP contribution in [0.2, 0.25) is 0 Å². The number of alkyl carbamates (subject to hydrolysis) is 1. The van der Waals surface area contributed by atoms with Gasteiger partial charge in [-0.3, -0.25) is 0 Å². The van der Waals surface area contributed by atoms with Gasteiger partial charge in [0, 0.05) is 12.1 Å². The summed E-state index contributed by atoms with van der Waals surface area (Å²) in [6.45, 7) is 3.92. The lowest BCUT2D eigenvalue weighted by atomic mass is 9.91. The Balaban J connectivity index is 0.000000242. The van der Waals surface area contributed by atoms with E-state index in [9.17, 15) is 9.59 Å². The Bertz CT molecular complexity index is 637. The normalized spacial score (nSPS) is 18.3. The number of carboxylic acid groups (broad SMARTS) is 1. The van der Waals surface area contributed by atoms with Gasteiger partial charge in [0.2, 0.25) is 0 Å². The summed E-state index contributed by atoms with van der Waals surface area (Å²) in [6.07, 6.45) is 14.2. The zero-order chi connectivity index (χ0) is 23.2. The smallest absolute Gasteiger partial charge is 0.408 e. The number of carboxylic acids is 1. The Morgan fingerprint density at radius 2 is 1.47 bits per heavy atom. The first kappa shape index (κ1) is 26.2. The average molecular weight is 447 g/mol. The molecule has 0 radical (unpaired) electrons. The molecule has 0 spiro atoms. The van der Waals surface area contributed by atoms with Crippen LogP contribution in [0.25, 0.3) is 0 Å². The van der Waals surface area contributed by atoms with E-state index in [1.54, 1.807) is 0 Å². The molecular weight excluding hydrogens is 404 g/mol. The first-order chi connectivity index (χ1) is 15.4. The number of rotatable bonds is 8. The summed E-state index contributed by atoms with van der Waals surface area (Å²) in [5, 5.41) is 15.2. The molecule has 32 heavy (non-hydrogen) atoms. The Kier molecular flexibility index (Phi) is 12.2. The maximum absolute atomic E-state index is 11.5. The van der Waals surface area contributed by atoms with Gasteiger partial charge in [0.25, 0.3) is 0 Å². The van der Waals surface area contributed by atoms with Crippen LogP contribution in [0.1, 0.15) is 90.0 Å². The second kappa shape index (κ2) is 14.9. The maximum Gasteiger partial charge on any atom is 0.408 e.